The highest BCUT2D eigenvalue weighted by molar-refractivity contribution is 7.98. The summed E-state index contributed by atoms with van der Waals surface area (Å²) in [6.45, 7) is 3.23. The van der Waals surface area contributed by atoms with Crippen molar-refractivity contribution >= 4 is 33.4 Å². The zero-order valence-corrected chi connectivity index (χ0v) is 19.3. The Hall–Kier alpha value is -1.97. The molecular formula is C22H23ClN4O2S2. The van der Waals surface area contributed by atoms with Crippen LogP contribution in [0.2, 0.25) is 5.15 Å². The number of benzene rings is 1. The topological polar surface area (TPSA) is 66.4 Å². The van der Waals surface area contributed by atoms with E-state index in [0.29, 0.717) is 37.1 Å². The summed E-state index contributed by atoms with van der Waals surface area (Å²) in [6.07, 6.45) is 3.18. The van der Waals surface area contributed by atoms with Crippen molar-refractivity contribution in [3.8, 4) is 0 Å². The Morgan fingerprint density at radius 1 is 0.871 bits per heavy atom. The third-order valence-corrected chi connectivity index (χ3v) is 8.22. The molecule has 0 unspecified atom stereocenters. The smallest absolute Gasteiger partial charge is 0.244 e. The first-order valence-corrected chi connectivity index (χ1v) is 12.8. The second kappa shape index (κ2) is 10.1. The molecule has 2 aromatic heterocycles. The minimum Gasteiger partial charge on any atom is -0.296 e. The van der Waals surface area contributed by atoms with Gasteiger partial charge in [0.25, 0.3) is 0 Å². The second-order valence-corrected chi connectivity index (χ2v) is 10.6. The monoisotopic (exact) mass is 474 g/mol. The number of pyridine rings is 2. The molecule has 1 aliphatic heterocycles. The molecule has 0 atom stereocenters. The molecule has 0 spiro atoms. The van der Waals surface area contributed by atoms with Crippen LogP contribution in [0.4, 0.5) is 0 Å². The number of piperazine rings is 1. The van der Waals surface area contributed by atoms with Crippen molar-refractivity contribution in [2.24, 2.45) is 0 Å². The molecule has 4 rings (SSSR count). The van der Waals surface area contributed by atoms with Crippen molar-refractivity contribution in [1.82, 2.24) is 19.2 Å². The maximum Gasteiger partial charge on any atom is 0.244 e. The molecule has 31 heavy (non-hydrogen) atoms. The number of hydrogen-bond donors (Lipinski definition) is 0. The highest BCUT2D eigenvalue weighted by Gasteiger charge is 2.28. The number of thioether (sulfide) groups is 1. The summed E-state index contributed by atoms with van der Waals surface area (Å²) in [6, 6.07) is 17.3. The van der Waals surface area contributed by atoms with Crippen molar-refractivity contribution in [1.29, 1.82) is 0 Å². The van der Waals surface area contributed by atoms with E-state index in [2.05, 4.69) is 27.0 Å². The van der Waals surface area contributed by atoms with Crippen molar-refractivity contribution in [2.75, 3.05) is 26.2 Å². The molecule has 1 aliphatic rings. The number of nitrogens with zero attached hydrogens (tertiary/aromatic N) is 4. The van der Waals surface area contributed by atoms with E-state index < -0.39 is 10.0 Å². The summed E-state index contributed by atoms with van der Waals surface area (Å²) in [5, 5.41) is 1.23. The van der Waals surface area contributed by atoms with Gasteiger partial charge in [-0.1, -0.05) is 48.0 Å². The lowest BCUT2D eigenvalue weighted by Crippen LogP contribution is -2.48. The molecule has 3 heterocycles. The van der Waals surface area contributed by atoms with E-state index in [4.69, 9.17) is 11.6 Å². The molecule has 1 fully saturated rings. The molecule has 1 saturated heterocycles. The van der Waals surface area contributed by atoms with E-state index in [0.717, 1.165) is 17.1 Å². The predicted molar refractivity (Wildman–Crippen MR) is 124 cm³/mol. The second-order valence-electron chi connectivity index (χ2n) is 7.28. The summed E-state index contributed by atoms with van der Waals surface area (Å²) < 4.78 is 27.6. The van der Waals surface area contributed by atoms with Crippen LogP contribution >= 0.6 is 23.4 Å². The minimum atomic E-state index is -3.54. The van der Waals surface area contributed by atoms with Crippen molar-refractivity contribution < 1.29 is 8.42 Å². The minimum absolute atomic E-state index is 0.238. The van der Waals surface area contributed by atoms with E-state index >= 15 is 0 Å². The molecule has 0 aliphatic carbocycles. The summed E-state index contributed by atoms with van der Waals surface area (Å²) in [7, 11) is -3.54. The standard InChI is InChI=1S/C22H23ClN4O2S2/c23-21-8-6-19(14-24-21)17-30-22-9-7-20(15-25-22)31(28,29)27-12-10-26(11-13-27)16-18-4-2-1-3-5-18/h1-9,14-15H,10-13,16-17H2. The van der Waals surface area contributed by atoms with Crippen LogP contribution in [-0.2, 0) is 22.3 Å². The molecule has 1 aromatic carbocycles. The van der Waals surface area contributed by atoms with Crippen LogP contribution in [0.25, 0.3) is 0 Å². The quantitative estimate of drug-likeness (QED) is 0.382. The largest absolute Gasteiger partial charge is 0.296 e. The Labute approximate surface area is 192 Å². The molecule has 0 saturated carbocycles. The average Bonchev–Trinajstić information content (AvgIpc) is 2.80. The Bertz CT molecular complexity index is 1090. The molecule has 9 heteroatoms. The Morgan fingerprint density at radius 3 is 2.29 bits per heavy atom. The number of rotatable bonds is 7. The summed E-state index contributed by atoms with van der Waals surface area (Å²) >= 11 is 7.33. The number of halogens is 1. The van der Waals surface area contributed by atoms with Gasteiger partial charge in [0.05, 0.1) is 5.03 Å². The average molecular weight is 475 g/mol. The van der Waals surface area contributed by atoms with Crippen LogP contribution in [0.1, 0.15) is 11.1 Å². The van der Waals surface area contributed by atoms with Gasteiger partial charge in [0.15, 0.2) is 0 Å². The molecule has 162 valence electrons. The fraction of sp³-hybridized carbons (Fsp3) is 0.273. The maximum atomic E-state index is 13.0. The van der Waals surface area contributed by atoms with Gasteiger partial charge < -0.3 is 0 Å². The van der Waals surface area contributed by atoms with Gasteiger partial charge in [-0.05, 0) is 29.3 Å². The predicted octanol–water partition coefficient (Wildman–Crippen LogP) is 3.93. The van der Waals surface area contributed by atoms with Gasteiger partial charge >= 0.3 is 0 Å². The lowest BCUT2D eigenvalue weighted by atomic mass is 10.2. The molecule has 0 bridgehead atoms. The van der Waals surface area contributed by atoms with Crippen LogP contribution in [-0.4, -0.2) is 53.8 Å². The van der Waals surface area contributed by atoms with E-state index in [1.54, 1.807) is 28.7 Å². The van der Waals surface area contributed by atoms with Crippen molar-refractivity contribution in [3.05, 3.63) is 83.3 Å². The highest BCUT2D eigenvalue weighted by Crippen LogP contribution is 2.24. The zero-order chi connectivity index (χ0) is 21.7. The molecule has 6 nitrogen and oxygen atoms in total. The van der Waals surface area contributed by atoms with Crippen LogP contribution in [0.3, 0.4) is 0 Å². The van der Waals surface area contributed by atoms with E-state index in [9.17, 15) is 8.42 Å². The summed E-state index contributed by atoms with van der Waals surface area (Å²) in [5.41, 5.74) is 2.27. The summed E-state index contributed by atoms with van der Waals surface area (Å²) in [5.74, 6) is 0.687. The van der Waals surface area contributed by atoms with Crippen molar-refractivity contribution in [3.63, 3.8) is 0 Å². The van der Waals surface area contributed by atoms with Crippen LogP contribution in [0, 0.1) is 0 Å². The highest BCUT2D eigenvalue weighted by atomic mass is 35.5. The van der Waals surface area contributed by atoms with Gasteiger partial charge in [0.1, 0.15) is 10.0 Å². The first kappa shape index (κ1) is 22.2. The molecular weight excluding hydrogens is 452 g/mol. The van der Waals surface area contributed by atoms with Crippen LogP contribution < -0.4 is 0 Å². The lowest BCUT2D eigenvalue weighted by molar-refractivity contribution is 0.181. The van der Waals surface area contributed by atoms with Crippen LogP contribution in [0.5, 0.6) is 0 Å². The third kappa shape index (κ3) is 5.84. The molecule has 0 N–H and O–H groups in total. The van der Waals surface area contributed by atoms with Gasteiger partial charge in [0.2, 0.25) is 10.0 Å². The van der Waals surface area contributed by atoms with Gasteiger partial charge in [-0.2, -0.15) is 4.31 Å². The van der Waals surface area contributed by atoms with Crippen molar-refractivity contribution in [2.45, 2.75) is 22.2 Å². The number of hydrogen-bond acceptors (Lipinski definition) is 6. The van der Waals surface area contributed by atoms with Gasteiger partial charge in [0, 0.05) is 50.9 Å². The SMILES string of the molecule is O=S(=O)(c1ccc(SCc2ccc(Cl)nc2)nc1)N1CCN(Cc2ccccc2)CC1. The maximum absolute atomic E-state index is 13.0. The Balaban J connectivity index is 1.32. The van der Waals surface area contributed by atoms with E-state index in [1.807, 2.05) is 24.3 Å². The van der Waals surface area contributed by atoms with Gasteiger partial charge in [-0.3, -0.25) is 4.90 Å². The molecule has 0 radical (unpaired) electrons. The molecule has 3 aromatic rings. The summed E-state index contributed by atoms with van der Waals surface area (Å²) in [4.78, 5) is 10.9. The van der Waals surface area contributed by atoms with Gasteiger partial charge in [-0.15, -0.1) is 11.8 Å². The number of aromatic nitrogens is 2. The first-order chi connectivity index (χ1) is 15.0. The van der Waals surface area contributed by atoms with E-state index in [-0.39, 0.29) is 4.90 Å². The van der Waals surface area contributed by atoms with E-state index in [1.165, 1.54) is 23.5 Å². The fourth-order valence-electron chi connectivity index (χ4n) is 3.37. The number of sulfonamides is 1. The van der Waals surface area contributed by atoms with Crippen LogP contribution in [0.15, 0.2) is 76.9 Å². The molecule has 0 amide bonds. The van der Waals surface area contributed by atoms with Gasteiger partial charge in [-0.25, -0.2) is 18.4 Å². The Morgan fingerprint density at radius 2 is 1.65 bits per heavy atom. The fourth-order valence-corrected chi connectivity index (χ4v) is 5.63. The zero-order valence-electron chi connectivity index (χ0n) is 16.9. The Kier molecular flexibility index (Phi) is 7.24. The lowest BCUT2D eigenvalue weighted by Gasteiger charge is -2.33. The third-order valence-electron chi connectivity index (χ3n) is 5.10. The first-order valence-electron chi connectivity index (χ1n) is 9.96. The normalized spacial score (nSPS) is 15.8.